The molecule has 1 aliphatic heterocycles. The SMILES string of the molecule is CCC1(C)CCN(c2cc(N)c(C)cn2)CC1. The number of aryl methyl sites for hydroxylation is 1. The molecule has 0 aliphatic carbocycles. The van der Waals surface area contributed by atoms with E-state index in [2.05, 4.69) is 23.7 Å². The molecule has 0 aromatic carbocycles. The van der Waals surface area contributed by atoms with Crippen LogP contribution < -0.4 is 10.6 Å². The average Bonchev–Trinajstić information content (AvgIpc) is 2.34. The molecule has 0 spiro atoms. The van der Waals surface area contributed by atoms with Crippen molar-refractivity contribution in [1.82, 2.24) is 4.98 Å². The third-order valence-electron chi connectivity index (χ3n) is 4.28. The highest BCUT2D eigenvalue weighted by Crippen LogP contribution is 2.35. The number of piperidine rings is 1. The van der Waals surface area contributed by atoms with Gasteiger partial charge in [0.25, 0.3) is 0 Å². The molecule has 0 atom stereocenters. The number of aromatic nitrogens is 1. The van der Waals surface area contributed by atoms with Crippen LogP contribution in [0.15, 0.2) is 12.3 Å². The number of rotatable bonds is 2. The number of anilines is 2. The first-order valence-corrected chi connectivity index (χ1v) is 6.51. The minimum atomic E-state index is 0.521. The molecule has 1 aromatic rings. The predicted octanol–water partition coefficient (Wildman–Crippen LogP) is 2.99. The van der Waals surface area contributed by atoms with Crippen LogP contribution in [0.4, 0.5) is 11.5 Å². The van der Waals surface area contributed by atoms with Crippen molar-refractivity contribution in [2.24, 2.45) is 5.41 Å². The van der Waals surface area contributed by atoms with Gasteiger partial charge >= 0.3 is 0 Å². The molecule has 3 heteroatoms. The fraction of sp³-hybridized carbons (Fsp3) is 0.643. The minimum absolute atomic E-state index is 0.521. The first-order chi connectivity index (χ1) is 8.04. The molecule has 94 valence electrons. The predicted molar refractivity (Wildman–Crippen MR) is 73.2 cm³/mol. The monoisotopic (exact) mass is 233 g/mol. The highest BCUT2D eigenvalue weighted by Gasteiger charge is 2.28. The third-order valence-corrected chi connectivity index (χ3v) is 4.28. The van der Waals surface area contributed by atoms with Gasteiger partial charge in [0, 0.05) is 31.0 Å². The second-order valence-electron chi connectivity index (χ2n) is 5.55. The molecule has 1 aromatic heterocycles. The normalized spacial score (nSPS) is 19.4. The zero-order chi connectivity index (χ0) is 12.5. The Kier molecular flexibility index (Phi) is 3.27. The van der Waals surface area contributed by atoms with Crippen molar-refractivity contribution in [2.45, 2.75) is 40.0 Å². The highest BCUT2D eigenvalue weighted by atomic mass is 15.2. The first-order valence-electron chi connectivity index (χ1n) is 6.51. The lowest BCUT2D eigenvalue weighted by Crippen LogP contribution is -2.38. The summed E-state index contributed by atoms with van der Waals surface area (Å²) in [7, 11) is 0. The Balaban J connectivity index is 2.08. The van der Waals surface area contributed by atoms with Gasteiger partial charge in [0.1, 0.15) is 5.82 Å². The van der Waals surface area contributed by atoms with Crippen LogP contribution in [0.2, 0.25) is 0 Å². The van der Waals surface area contributed by atoms with Gasteiger partial charge in [-0.3, -0.25) is 0 Å². The molecule has 0 radical (unpaired) electrons. The van der Waals surface area contributed by atoms with Crippen molar-refractivity contribution in [2.75, 3.05) is 23.7 Å². The van der Waals surface area contributed by atoms with Gasteiger partial charge in [0.15, 0.2) is 0 Å². The maximum Gasteiger partial charge on any atom is 0.130 e. The van der Waals surface area contributed by atoms with Crippen LogP contribution in [0.3, 0.4) is 0 Å². The molecular formula is C14H23N3. The molecule has 0 saturated carbocycles. The third kappa shape index (κ3) is 2.54. The maximum absolute atomic E-state index is 5.94. The Labute approximate surface area is 104 Å². The molecule has 17 heavy (non-hydrogen) atoms. The van der Waals surface area contributed by atoms with Crippen LogP contribution in [0.25, 0.3) is 0 Å². The van der Waals surface area contributed by atoms with Gasteiger partial charge in [0.2, 0.25) is 0 Å². The number of nitrogen functional groups attached to an aromatic ring is 1. The molecule has 2 heterocycles. The summed E-state index contributed by atoms with van der Waals surface area (Å²) in [5.74, 6) is 1.03. The quantitative estimate of drug-likeness (QED) is 0.854. The molecular weight excluding hydrogens is 210 g/mol. The molecule has 0 amide bonds. The molecule has 0 bridgehead atoms. The second kappa shape index (κ2) is 4.55. The Morgan fingerprint density at radius 3 is 2.59 bits per heavy atom. The van der Waals surface area contributed by atoms with Crippen LogP contribution in [-0.4, -0.2) is 18.1 Å². The van der Waals surface area contributed by atoms with Crippen molar-refractivity contribution < 1.29 is 0 Å². The van der Waals surface area contributed by atoms with E-state index in [9.17, 15) is 0 Å². The van der Waals surface area contributed by atoms with E-state index in [1.807, 2.05) is 19.2 Å². The fourth-order valence-corrected chi connectivity index (χ4v) is 2.33. The van der Waals surface area contributed by atoms with Crippen molar-refractivity contribution in [3.63, 3.8) is 0 Å². The van der Waals surface area contributed by atoms with E-state index in [-0.39, 0.29) is 0 Å². The van der Waals surface area contributed by atoms with Crippen molar-refractivity contribution >= 4 is 11.5 Å². The number of hydrogen-bond acceptors (Lipinski definition) is 3. The highest BCUT2D eigenvalue weighted by molar-refractivity contribution is 5.54. The number of nitrogens with zero attached hydrogens (tertiary/aromatic N) is 2. The summed E-state index contributed by atoms with van der Waals surface area (Å²) in [4.78, 5) is 6.84. The smallest absolute Gasteiger partial charge is 0.130 e. The topological polar surface area (TPSA) is 42.1 Å². The summed E-state index contributed by atoms with van der Waals surface area (Å²) in [6.07, 6.45) is 5.64. The standard InChI is InChI=1S/C14H23N3/c1-4-14(3)5-7-17(8-6-14)13-9-12(15)11(2)10-16-13/h9-10H,4-8H2,1-3H3,(H2,15,16). The van der Waals surface area contributed by atoms with E-state index >= 15 is 0 Å². The van der Waals surface area contributed by atoms with Gasteiger partial charge in [-0.15, -0.1) is 0 Å². The maximum atomic E-state index is 5.94. The first kappa shape index (κ1) is 12.2. The Morgan fingerprint density at radius 2 is 2.06 bits per heavy atom. The van der Waals surface area contributed by atoms with Gasteiger partial charge < -0.3 is 10.6 Å². The van der Waals surface area contributed by atoms with Gasteiger partial charge in [-0.05, 0) is 30.7 Å². The molecule has 2 rings (SSSR count). The van der Waals surface area contributed by atoms with E-state index in [0.29, 0.717) is 5.41 Å². The Bertz CT molecular complexity index is 392. The van der Waals surface area contributed by atoms with Crippen LogP contribution in [0, 0.1) is 12.3 Å². The summed E-state index contributed by atoms with van der Waals surface area (Å²) >= 11 is 0. The average molecular weight is 233 g/mol. The Hall–Kier alpha value is -1.25. The molecule has 1 saturated heterocycles. The summed E-state index contributed by atoms with van der Waals surface area (Å²) in [6.45, 7) is 8.87. The molecule has 0 unspecified atom stereocenters. The van der Waals surface area contributed by atoms with Crippen LogP contribution in [-0.2, 0) is 0 Å². The largest absolute Gasteiger partial charge is 0.398 e. The van der Waals surface area contributed by atoms with E-state index < -0.39 is 0 Å². The molecule has 1 fully saturated rings. The van der Waals surface area contributed by atoms with Gasteiger partial charge in [0.05, 0.1) is 0 Å². The fourth-order valence-electron chi connectivity index (χ4n) is 2.33. The zero-order valence-electron chi connectivity index (χ0n) is 11.2. The molecule has 2 N–H and O–H groups in total. The lowest BCUT2D eigenvalue weighted by molar-refractivity contribution is 0.238. The van der Waals surface area contributed by atoms with Gasteiger partial charge in [-0.25, -0.2) is 4.98 Å². The van der Waals surface area contributed by atoms with E-state index in [1.165, 1.54) is 19.3 Å². The Morgan fingerprint density at radius 1 is 1.41 bits per heavy atom. The van der Waals surface area contributed by atoms with Gasteiger partial charge in [-0.1, -0.05) is 20.3 Å². The van der Waals surface area contributed by atoms with E-state index in [1.54, 1.807) is 0 Å². The summed E-state index contributed by atoms with van der Waals surface area (Å²) in [6, 6.07) is 2.00. The number of pyridine rings is 1. The number of nitrogens with two attached hydrogens (primary N) is 1. The summed E-state index contributed by atoms with van der Waals surface area (Å²) in [5, 5.41) is 0. The lowest BCUT2D eigenvalue weighted by Gasteiger charge is -2.39. The van der Waals surface area contributed by atoms with Crippen LogP contribution >= 0.6 is 0 Å². The van der Waals surface area contributed by atoms with Crippen LogP contribution in [0.5, 0.6) is 0 Å². The van der Waals surface area contributed by atoms with E-state index in [4.69, 9.17) is 5.73 Å². The minimum Gasteiger partial charge on any atom is -0.398 e. The molecule has 1 aliphatic rings. The van der Waals surface area contributed by atoms with Gasteiger partial charge in [-0.2, -0.15) is 0 Å². The summed E-state index contributed by atoms with van der Waals surface area (Å²) in [5.41, 5.74) is 8.37. The van der Waals surface area contributed by atoms with Crippen LogP contribution in [0.1, 0.15) is 38.7 Å². The summed E-state index contributed by atoms with van der Waals surface area (Å²) < 4.78 is 0. The van der Waals surface area contributed by atoms with E-state index in [0.717, 1.165) is 30.2 Å². The number of hydrogen-bond donors (Lipinski definition) is 1. The van der Waals surface area contributed by atoms with Crippen molar-refractivity contribution in [3.8, 4) is 0 Å². The van der Waals surface area contributed by atoms with Crippen molar-refractivity contribution in [1.29, 1.82) is 0 Å². The molecule has 3 nitrogen and oxygen atoms in total. The lowest BCUT2D eigenvalue weighted by atomic mass is 9.78. The van der Waals surface area contributed by atoms with Crippen molar-refractivity contribution in [3.05, 3.63) is 17.8 Å². The second-order valence-corrected chi connectivity index (χ2v) is 5.55. The zero-order valence-corrected chi connectivity index (χ0v) is 11.2.